The van der Waals surface area contributed by atoms with Crippen molar-refractivity contribution in [2.24, 2.45) is 0 Å². The van der Waals surface area contributed by atoms with Crippen LogP contribution < -0.4 is 0 Å². The van der Waals surface area contributed by atoms with Crippen LogP contribution in [0.15, 0.2) is 55.1 Å². The first kappa shape index (κ1) is 14.7. The molecule has 0 N–H and O–H groups in total. The molecule has 3 aromatic rings. The lowest BCUT2D eigenvalue weighted by Gasteiger charge is -1.98. The predicted molar refractivity (Wildman–Crippen MR) is 88.9 cm³/mol. The average Bonchev–Trinajstić information content (AvgIpc) is 3.03. The number of benzene rings is 1. The first-order valence-corrected chi connectivity index (χ1v) is 7.31. The molecule has 0 aliphatic carbocycles. The van der Waals surface area contributed by atoms with E-state index in [0.29, 0.717) is 13.0 Å². The lowest BCUT2D eigenvalue weighted by Crippen LogP contribution is -1.97. The quantitative estimate of drug-likeness (QED) is 0.724. The molecule has 3 rings (SSSR count). The lowest BCUT2D eigenvalue weighted by atomic mass is 10.1. The van der Waals surface area contributed by atoms with E-state index in [1.165, 1.54) is 6.33 Å². The zero-order valence-electron chi connectivity index (χ0n) is 12.5. The van der Waals surface area contributed by atoms with E-state index in [0.717, 1.165) is 22.5 Å². The summed E-state index contributed by atoms with van der Waals surface area (Å²) in [6, 6.07) is 14.0. The maximum absolute atomic E-state index is 8.75. The van der Waals surface area contributed by atoms with E-state index >= 15 is 0 Å². The van der Waals surface area contributed by atoms with Gasteiger partial charge in [-0.3, -0.25) is 4.68 Å². The maximum Gasteiger partial charge on any atom is 0.115 e. The maximum atomic E-state index is 8.75. The average molecular weight is 301 g/mol. The molecule has 0 radical (unpaired) electrons. The van der Waals surface area contributed by atoms with Crippen LogP contribution in [0.25, 0.3) is 23.4 Å². The monoisotopic (exact) mass is 301 g/mol. The van der Waals surface area contributed by atoms with Crippen molar-refractivity contribution in [3.63, 3.8) is 0 Å². The van der Waals surface area contributed by atoms with Gasteiger partial charge in [0.05, 0.1) is 30.4 Å². The molecule has 23 heavy (non-hydrogen) atoms. The minimum Gasteiger partial charge on any atom is -0.270 e. The molecule has 112 valence electrons. The Morgan fingerprint density at radius 1 is 1.13 bits per heavy atom. The van der Waals surface area contributed by atoms with Crippen LogP contribution in [0.2, 0.25) is 0 Å². The summed E-state index contributed by atoms with van der Waals surface area (Å²) in [5, 5.41) is 13.4. The van der Waals surface area contributed by atoms with Crippen molar-refractivity contribution < 1.29 is 0 Å². The molecule has 0 fully saturated rings. The highest BCUT2D eigenvalue weighted by molar-refractivity contribution is 5.77. The fraction of sp³-hybridized carbons (Fsp3) is 0.111. The molecule has 0 saturated carbocycles. The van der Waals surface area contributed by atoms with Gasteiger partial charge < -0.3 is 0 Å². The Morgan fingerprint density at radius 2 is 2.00 bits per heavy atom. The Balaban J connectivity index is 1.95. The van der Waals surface area contributed by atoms with Crippen LogP contribution in [0, 0.1) is 11.3 Å². The topological polar surface area (TPSA) is 67.4 Å². The van der Waals surface area contributed by atoms with Gasteiger partial charge in [-0.1, -0.05) is 30.3 Å². The van der Waals surface area contributed by atoms with Crippen molar-refractivity contribution in [1.82, 2.24) is 19.7 Å². The Labute approximate surface area is 134 Å². The van der Waals surface area contributed by atoms with Crippen molar-refractivity contribution in [2.75, 3.05) is 0 Å². The molecule has 0 aliphatic heterocycles. The van der Waals surface area contributed by atoms with Crippen molar-refractivity contribution >= 4 is 12.2 Å². The highest BCUT2D eigenvalue weighted by Crippen LogP contribution is 2.23. The zero-order chi connectivity index (χ0) is 15.9. The number of rotatable bonds is 5. The van der Waals surface area contributed by atoms with Gasteiger partial charge in [0.25, 0.3) is 0 Å². The molecule has 0 bridgehead atoms. The molecule has 0 atom stereocenters. The number of hydrogen-bond acceptors (Lipinski definition) is 4. The summed E-state index contributed by atoms with van der Waals surface area (Å²) in [5.74, 6) is 0. The van der Waals surface area contributed by atoms with Gasteiger partial charge in [-0.15, -0.1) is 0 Å². The van der Waals surface area contributed by atoms with E-state index in [2.05, 4.69) is 21.1 Å². The van der Waals surface area contributed by atoms with Crippen LogP contribution in [0.5, 0.6) is 0 Å². The molecular formula is C18H15N5. The zero-order valence-corrected chi connectivity index (χ0v) is 12.5. The third-order valence-corrected chi connectivity index (χ3v) is 3.33. The molecule has 5 heteroatoms. The molecule has 2 heterocycles. The molecular weight excluding hydrogens is 286 g/mol. The summed E-state index contributed by atoms with van der Waals surface area (Å²) in [7, 11) is 0. The number of aryl methyl sites for hydroxylation is 1. The van der Waals surface area contributed by atoms with E-state index in [1.54, 1.807) is 6.20 Å². The van der Waals surface area contributed by atoms with Gasteiger partial charge in [-0.05, 0) is 18.2 Å². The van der Waals surface area contributed by atoms with Crippen LogP contribution in [0.4, 0.5) is 0 Å². The summed E-state index contributed by atoms with van der Waals surface area (Å²) in [5.41, 5.74) is 3.77. The van der Waals surface area contributed by atoms with E-state index in [1.807, 2.05) is 59.4 Å². The molecule has 0 unspecified atom stereocenters. The minimum atomic E-state index is 0.435. The van der Waals surface area contributed by atoms with Crippen molar-refractivity contribution in [2.45, 2.75) is 13.0 Å². The fourth-order valence-electron chi connectivity index (χ4n) is 2.23. The van der Waals surface area contributed by atoms with E-state index in [4.69, 9.17) is 5.26 Å². The van der Waals surface area contributed by atoms with Crippen LogP contribution in [-0.4, -0.2) is 19.7 Å². The van der Waals surface area contributed by atoms with Gasteiger partial charge in [-0.2, -0.15) is 10.4 Å². The second-order valence-corrected chi connectivity index (χ2v) is 4.94. The fourth-order valence-corrected chi connectivity index (χ4v) is 2.23. The van der Waals surface area contributed by atoms with Gasteiger partial charge in [0.15, 0.2) is 0 Å². The van der Waals surface area contributed by atoms with Gasteiger partial charge >= 0.3 is 0 Å². The summed E-state index contributed by atoms with van der Waals surface area (Å²) in [4.78, 5) is 8.10. The first-order valence-electron chi connectivity index (χ1n) is 7.31. The predicted octanol–water partition coefficient (Wildman–Crippen LogP) is 3.42. The highest BCUT2D eigenvalue weighted by Gasteiger charge is 2.08. The van der Waals surface area contributed by atoms with Crippen LogP contribution in [0.1, 0.15) is 17.7 Å². The van der Waals surface area contributed by atoms with E-state index in [-0.39, 0.29) is 0 Å². The van der Waals surface area contributed by atoms with Gasteiger partial charge in [-0.25, -0.2) is 9.97 Å². The van der Waals surface area contributed by atoms with E-state index in [9.17, 15) is 0 Å². The summed E-state index contributed by atoms with van der Waals surface area (Å²) >= 11 is 0. The largest absolute Gasteiger partial charge is 0.270 e. The van der Waals surface area contributed by atoms with E-state index < -0.39 is 0 Å². The Hall–Kier alpha value is -3.26. The van der Waals surface area contributed by atoms with Crippen LogP contribution in [0.3, 0.4) is 0 Å². The van der Waals surface area contributed by atoms with Crippen LogP contribution in [-0.2, 0) is 6.54 Å². The second-order valence-electron chi connectivity index (χ2n) is 4.94. The normalized spacial score (nSPS) is 10.7. The summed E-state index contributed by atoms with van der Waals surface area (Å²) in [6.45, 7) is 0.581. The van der Waals surface area contributed by atoms with Crippen molar-refractivity contribution in [3.05, 3.63) is 66.4 Å². The van der Waals surface area contributed by atoms with Crippen molar-refractivity contribution in [3.8, 4) is 17.3 Å². The third-order valence-electron chi connectivity index (χ3n) is 3.33. The van der Waals surface area contributed by atoms with Crippen LogP contribution >= 0.6 is 0 Å². The summed E-state index contributed by atoms with van der Waals surface area (Å²) in [6.07, 6.45) is 9.54. The smallest absolute Gasteiger partial charge is 0.115 e. The minimum absolute atomic E-state index is 0.435. The SMILES string of the molecule is N#CCCn1cc(/C=C/c2ccncn2)c(-c2ccccc2)n1. The number of nitrogens with zero attached hydrogens (tertiary/aromatic N) is 5. The second kappa shape index (κ2) is 7.14. The third kappa shape index (κ3) is 3.69. The van der Waals surface area contributed by atoms with Gasteiger partial charge in [0, 0.05) is 23.5 Å². The molecule has 5 nitrogen and oxygen atoms in total. The molecule has 0 saturated heterocycles. The molecule has 2 aromatic heterocycles. The first-order chi connectivity index (χ1) is 11.4. The number of hydrogen-bond donors (Lipinski definition) is 0. The Morgan fingerprint density at radius 3 is 2.74 bits per heavy atom. The Bertz CT molecular complexity index is 829. The van der Waals surface area contributed by atoms with Gasteiger partial charge in [0.1, 0.15) is 6.33 Å². The molecule has 0 aliphatic rings. The number of nitriles is 1. The Kier molecular flexibility index (Phi) is 4.55. The molecule has 1 aromatic carbocycles. The summed E-state index contributed by atoms with van der Waals surface area (Å²) < 4.78 is 1.81. The molecule has 0 spiro atoms. The number of aromatic nitrogens is 4. The lowest BCUT2D eigenvalue weighted by molar-refractivity contribution is 0.629. The standard InChI is InChI=1S/C18H15N5/c19-10-4-12-23-13-16(7-8-17-9-11-20-14-21-17)18(22-23)15-5-2-1-3-6-15/h1-3,5-9,11,13-14H,4,12H2/b8-7+. The van der Waals surface area contributed by atoms with Gasteiger partial charge in [0.2, 0.25) is 0 Å². The highest BCUT2D eigenvalue weighted by atomic mass is 15.3. The van der Waals surface area contributed by atoms with Crippen molar-refractivity contribution in [1.29, 1.82) is 5.26 Å². The molecule has 0 amide bonds.